The minimum Gasteiger partial charge on any atom is -0.483 e. The van der Waals surface area contributed by atoms with Crippen LogP contribution in [0.5, 0.6) is 5.75 Å². The molecule has 152 valence electrons. The molecule has 0 bridgehead atoms. The number of rotatable bonds is 9. The predicted molar refractivity (Wildman–Crippen MR) is 112 cm³/mol. The van der Waals surface area contributed by atoms with Crippen LogP contribution < -0.4 is 15.4 Å². The first-order valence-electron chi connectivity index (χ1n) is 9.68. The highest BCUT2D eigenvalue weighted by Crippen LogP contribution is 2.27. The van der Waals surface area contributed by atoms with Gasteiger partial charge in [-0.2, -0.15) is 0 Å². The van der Waals surface area contributed by atoms with Gasteiger partial charge in [0.05, 0.1) is 18.8 Å². The first-order chi connectivity index (χ1) is 13.7. The number of ether oxygens (including phenoxy) is 2. The molecule has 1 aromatic heterocycles. The summed E-state index contributed by atoms with van der Waals surface area (Å²) < 4.78 is 11.4. The molecule has 3 rings (SSSR count). The van der Waals surface area contributed by atoms with Crippen LogP contribution in [0.4, 0.5) is 0 Å². The third-order valence-corrected chi connectivity index (χ3v) is 5.82. The van der Waals surface area contributed by atoms with Crippen LogP contribution in [0.3, 0.4) is 0 Å². The van der Waals surface area contributed by atoms with Crippen LogP contribution in [0.2, 0.25) is 0 Å². The van der Waals surface area contributed by atoms with Gasteiger partial charge in [0.25, 0.3) is 5.91 Å². The lowest BCUT2D eigenvalue weighted by atomic mass is 10.1. The third kappa shape index (κ3) is 5.78. The molecule has 0 saturated carbocycles. The Bertz CT molecular complexity index is 738. The molecule has 2 atom stereocenters. The summed E-state index contributed by atoms with van der Waals surface area (Å²) in [6.07, 6.45) is 0.259. The van der Waals surface area contributed by atoms with Crippen LogP contribution >= 0.6 is 11.3 Å². The molecule has 2 aromatic rings. The molecule has 6 nitrogen and oxygen atoms in total. The average molecular weight is 404 g/mol. The number of amides is 1. The van der Waals surface area contributed by atoms with Gasteiger partial charge >= 0.3 is 0 Å². The molecular weight excluding hydrogens is 374 g/mol. The van der Waals surface area contributed by atoms with Gasteiger partial charge in [-0.1, -0.05) is 24.3 Å². The molecule has 1 aliphatic heterocycles. The van der Waals surface area contributed by atoms with Crippen LogP contribution in [0.25, 0.3) is 0 Å². The van der Waals surface area contributed by atoms with Gasteiger partial charge in [0.15, 0.2) is 6.61 Å². The fourth-order valence-electron chi connectivity index (χ4n) is 3.37. The zero-order valence-corrected chi connectivity index (χ0v) is 17.3. The quantitative estimate of drug-likeness (QED) is 0.673. The molecule has 2 N–H and O–H groups in total. The van der Waals surface area contributed by atoms with Gasteiger partial charge in [-0.05, 0) is 24.4 Å². The largest absolute Gasteiger partial charge is 0.483 e. The highest BCUT2D eigenvalue weighted by atomic mass is 32.1. The van der Waals surface area contributed by atoms with Crippen molar-refractivity contribution >= 4 is 17.2 Å². The summed E-state index contributed by atoms with van der Waals surface area (Å²) in [5.74, 6) is 0.605. The van der Waals surface area contributed by atoms with Gasteiger partial charge in [0.1, 0.15) is 5.75 Å². The maximum atomic E-state index is 11.5. The summed E-state index contributed by atoms with van der Waals surface area (Å²) in [5, 5.41) is 8.30. The average Bonchev–Trinajstić information content (AvgIpc) is 3.24. The zero-order valence-electron chi connectivity index (χ0n) is 16.5. The Morgan fingerprint density at radius 3 is 2.96 bits per heavy atom. The molecule has 2 heterocycles. The van der Waals surface area contributed by atoms with Crippen LogP contribution in [0.1, 0.15) is 23.4 Å². The van der Waals surface area contributed by atoms with Crippen molar-refractivity contribution in [3.8, 4) is 5.75 Å². The molecule has 0 radical (unpaired) electrons. The van der Waals surface area contributed by atoms with E-state index in [2.05, 4.69) is 40.0 Å². The monoisotopic (exact) mass is 403 g/mol. The Hall–Kier alpha value is -1.93. The van der Waals surface area contributed by atoms with E-state index < -0.39 is 0 Å². The minimum absolute atomic E-state index is 0.0248. The highest BCUT2D eigenvalue weighted by molar-refractivity contribution is 7.10. The normalized spacial score (nSPS) is 18.6. The number of nitrogens with one attached hydrogen (secondary N) is 2. The summed E-state index contributed by atoms with van der Waals surface area (Å²) >= 11 is 1.80. The number of thiophene rings is 1. The Morgan fingerprint density at radius 1 is 1.36 bits per heavy atom. The van der Waals surface area contributed by atoms with Crippen LogP contribution in [-0.2, 0) is 16.1 Å². The fourth-order valence-corrected chi connectivity index (χ4v) is 4.23. The van der Waals surface area contributed by atoms with E-state index in [0.717, 1.165) is 37.6 Å². The summed E-state index contributed by atoms with van der Waals surface area (Å²) in [4.78, 5) is 15.3. The van der Waals surface area contributed by atoms with E-state index in [1.54, 1.807) is 18.4 Å². The van der Waals surface area contributed by atoms with Gasteiger partial charge in [0, 0.05) is 43.7 Å². The molecule has 1 amide bonds. The number of benzene rings is 1. The number of carbonyl (C=O) groups is 1. The van der Waals surface area contributed by atoms with Gasteiger partial charge in [-0.3, -0.25) is 9.69 Å². The maximum absolute atomic E-state index is 11.5. The summed E-state index contributed by atoms with van der Waals surface area (Å²) in [7, 11) is 1.61. The lowest BCUT2D eigenvalue weighted by molar-refractivity contribution is -0.122. The van der Waals surface area contributed by atoms with Crippen molar-refractivity contribution < 1.29 is 14.3 Å². The van der Waals surface area contributed by atoms with Crippen molar-refractivity contribution in [1.29, 1.82) is 0 Å². The van der Waals surface area contributed by atoms with Crippen molar-refractivity contribution in [2.45, 2.75) is 25.6 Å². The van der Waals surface area contributed by atoms with Crippen LogP contribution in [0, 0.1) is 0 Å². The predicted octanol–water partition coefficient (Wildman–Crippen LogP) is 2.42. The molecule has 1 saturated heterocycles. The lowest BCUT2D eigenvalue weighted by Gasteiger charge is -2.37. The zero-order chi connectivity index (χ0) is 19.8. The second-order valence-corrected chi connectivity index (χ2v) is 7.89. The number of hydrogen-bond donors (Lipinski definition) is 2. The first-order valence-corrected chi connectivity index (χ1v) is 10.6. The van der Waals surface area contributed by atoms with E-state index in [9.17, 15) is 4.79 Å². The third-order valence-electron chi connectivity index (χ3n) is 4.85. The van der Waals surface area contributed by atoms with E-state index in [-0.39, 0.29) is 18.6 Å². The van der Waals surface area contributed by atoms with E-state index in [4.69, 9.17) is 9.47 Å². The number of likely N-dealkylation sites (N-methyl/N-ethyl adjacent to an activating group) is 1. The van der Waals surface area contributed by atoms with Crippen molar-refractivity contribution in [1.82, 2.24) is 15.5 Å². The Morgan fingerprint density at radius 2 is 2.21 bits per heavy atom. The second kappa shape index (κ2) is 10.6. The van der Waals surface area contributed by atoms with Gasteiger partial charge < -0.3 is 20.1 Å². The highest BCUT2D eigenvalue weighted by Gasteiger charge is 2.26. The van der Waals surface area contributed by atoms with Crippen LogP contribution in [-0.4, -0.2) is 56.8 Å². The van der Waals surface area contributed by atoms with E-state index in [0.29, 0.717) is 12.6 Å². The number of morpholine rings is 1. The molecule has 7 heteroatoms. The van der Waals surface area contributed by atoms with Gasteiger partial charge in [-0.15, -0.1) is 11.3 Å². The maximum Gasteiger partial charge on any atom is 0.257 e. The molecule has 28 heavy (non-hydrogen) atoms. The SMILES string of the molecule is CNC(=O)COc1ccccc1CNCC(c1cccs1)N1CCOC(C)C1. The standard InChI is InChI=1S/C21H29N3O3S/c1-16-14-24(9-10-26-16)18(20-8-5-11-28-20)13-23-12-17-6-3-4-7-19(17)27-15-21(25)22-2/h3-8,11,16,18,23H,9-10,12-15H2,1-2H3,(H,22,25). The summed E-state index contributed by atoms with van der Waals surface area (Å²) in [5.41, 5.74) is 1.05. The number of para-hydroxylation sites is 1. The molecule has 1 aliphatic rings. The topological polar surface area (TPSA) is 62.8 Å². The molecule has 1 aromatic carbocycles. The number of carbonyl (C=O) groups excluding carboxylic acids is 1. The Balaban J connectivity index is 1.61. The lowest BCUT2D eigenvalue weighted by Crippen LogP contribution is -2.45. The van der Waals surface area contributed by atoms with Gasteiger partial charge in [0.2, 0.25) is 0 Å². The molecular formula is C21H29N3O3S. The minimum atomic E-state index is -0.137. The van der Waals surface area contributed by atoms with Crippen LogP contribution in [0.15, 0.2) is 41.8 Å². The molecule has 0 spiro atoms. The van der Waals surface area contributed by atoms with Crippen molar-refractivity contribution in [2.24, 2.45) is 0 Å². The molecule has 0 aliphatic carbocycles. The molecule has 1 fully saturated rings. The van der Waals surface area contributed by atoms with E-state index >= 15 is 0 Å². The van der Waals surface area contributed by atoms with Crippen molar-refractivity contribution in [2.75, 3.05) is 39.9 Å². The fraction of sp³-hybridized carbons (Fsp3) is 0.476. The Labute approximate surface area is 170 Å². The second-order valence-electron chi connectivity index (χ2n) is 6.91. The Kier molecular flexibility index (Phi) is 7.85. The van der Waals surface area contributed by atoms with Gasteiger partial charge in [-0.25, -0.2) is 0 Å². The van der Waals surface area contributed by atoms with Crippen molar-refractivity contribution in [3.05, 3.63) is 52.2 Å². The van der Waals surface area contributed by atoms with E-state index in [1.807, 2.05) is 24.3 Å². The van der Waals surface area contributed by atoms with E-state index in [1.165, 1.54) is 4.88 Å². The summed E-state index contributed by atoms with van der Waals surface area (Å²) in [6.45, 7) is 6.35. The molecule has 2 unspecified atom stereocenters. The number of hydrogen-bond acceptors (Lipinski definition) is 6. The van der Waals surface area contributed by atoms with Crippen molar-refractivity contribution in [3.63, 3.8) is 0 Å². The summed E-state index contributed by atoms with van der Waals surface area (Å²) in [6, 6.07) is 12.5. The smallest absolute Gasteiger partial charge is 0.257 e. The first kappa shape index (κ1) is 20.8. The number of nitrogens with zero attached hydrogens (tertiary/aromatic N) is 1.